The first kappa shape index (κ1) is 13.0. The Kier molecular flexibility index (Phi) is 4.98. The normalized spacial score (nSPS) is 11.5. The summed E-state index contributed by atoms with van der Waals surface area (Å²) in [6.45, 7) is 0.318. The molecule has 0 aliphatic heterocycles. The Morgan fingerprint density at radius 2 is 2.12 bits per heavy atom. The molecule has 1 rings (SSSR count). The number of hydrogen-bond acceptors (Lipinski definition) is 4. The van der Waals surface area contributed by atoms with Crippen molar-refractivity contribution in [1.82, 2.24) is 5.32 Å². The number of nitrogens with two attached hydrogens (primary N) is 1. The smallest absolute Gasteiger partial charge is 0.237 e. The molecule has 5 heteroatoms. The number of nitrogens with one attached hydrogen (secondary N) is 1. The molecule has 1 aromatic rings. The summed E-state index contributed by atoms with van der Waals surface area (Å²) in [5, 5.41) is 20.0. The van der Waals surface area contributed by atoms with Gasteiger partial charge in [0.15, 0.2) is 0 Å². The quantitative estimate of drug-likeness (QED) is 0.636. The van der Waals surface area contributed by atoms with Gasteiger partial charge in [-0.15, -0.1) is 0 Å². The third-order valence-electron chi connectivity index (χ3n) is 2.26. The molecule has 90 valence electrons. The number of benzene rings is 1. The molecule has 0 spiro atoms. The highest BCUT2D eigenvalue weighted by atomic mass is 16.3. The summed E-state index contributed by atoms with van der Waals surface area (Å²) in [6.07, 6.45) is 0.677. The van der Waals surface area contributed by atoms with E-state index in [-0.39, 0.29) is 18.1 Å². The van der Waals surface area contributed by atoms with E-state index in [4.69, 9.17) is 16.1 Å². The molecule has 0 aliphatic carbocycles. The summed E-state index contributed by atoms with van der Waals surface area (Å²) < 4.78 is 0. The van der Waals surface area contributed by atoms with Gasteiger partial charge in [-0.25, -0.2) is 0 Å². The molecular formula is C12H15N3O2. The Bertz CT molecular complexity index is 409. The Hall–Kier alpha value is -2.06. The van der Waals surface area contributed by atoms with Crippen molar-refractivity contribution in [3.05, 3.63) is 29.8 Å². The number of nitriles is 1. The van der Waals surface area contributed by atoms with Crippen LogP contribution in [0.1, 0.15) is 12.0 Å². The number of phenolic OH excluding ortho intramolecular Hbond substituents is 1. The molecule has 0 saturated carbocycles. The van der Waals surface area contributed by atoms with Gasteiger partial charge in [0.1, 0.15) is 5.75 Å². The van der Waals surface area contributed by atoms with Crippen LogP contribution in [0.25, 0.3) is 0 Å². The van der Waals surface area contributed by atoms with Crippen molar-refractivity contribution in [3.63, 3.8) is 0 Å². The number of hydrogen-bond donors (Lipinski definition) is 3. The predicted octanol–water partition coefficient (Wildman–Crippen LogP) is 0.292. The standard InChI is InChI=1S/C12H15N3O2/c13-6-1-7-15-12(17)11(14)8-9-2-4-10(16)5-3-9/h2-5,11,16H,1,7-8,14H2,(H,15,17)/t11-/m0/s1. The van der Waals surface area contributed by atoms with Gasteiger partial charge in [-0.3, -0.25) is 4.79 Å². The van der Waals surface area contributed by atoms with E-state index in [0.717, 1.165) is 5.56 Å². The molecule has 0 unspecified atom stereocenters. The Morgan fingerprint density at radius 3 is 2.71 bits per heavy atom. The molecule has 0 heterocycles. The largest absolute Gasteiger partial charge is 0.508 e. The first-order chi connectivity index (χ1) is 8.13. The maximum atomic E-state index is 11.5. The fourth-order valence-corrected chi connectivity index (χ4v) is 1.35. The van der Waals surface area contributed by atoms with Gasteiger partial charge in [-0.1, -0.05) is 12.1 Å². The number of nitrogens with zero attached hydrogens (tertiary/aromatic N) is 1. The van der Waals surface area contributed by atoms with Gasteiger partial charge in [0.05, 0.1) is 18.5 Å². The SMILES string of the molecule is N#CCCNC(=O)[C@@H](N)Cc1ccc(O)cc1. The van der Waals surface area contributed by atoms with E-state index in [1.54, 1.807) is 24.3 Å². The highest BCUT2D eigenvalue weighted by Gasteiger charge is 2.13. The number of phenols is 1. The Labute approximate surface area is 99.9 Å². The number of rotatable bonds is 5. The second kappa shape index (κ2) is 6.51. The fraction of sp³-hybridized carbons (Fsp3) is 0.333. The molecule has 0 fully saturated rings. The van der Waals surface area contributed by atoms with E-state index in [1.807, 2.05) is 6.07 Å². The first-order valence-electron chi connectivity index (χ1n) is 5.31. The summed E-state index contributed by atoms with van der Waals surface area (Å²) in [5.41, 5.74) is 6.59. The van der Waals surface area contributed by atoms with Crippen molar-refractivity contribution in [1.29, 1.82) is 5.26 Å². The molecule has 0 radical (unpaired) electrons. The molecule has 0 saturated heterocycles. The summed E-state index contributed by atoms with van der Waals surface area (Å²) >= 11 is 0. The van der Waals surface area contributed by atoms with Crippen LogP contribution < -0.4 is 11.1 Å². The van der Waals surface area contributed by atoms with Crippen molar-refractivity contribution < 1.29 is 9.90 Å². The van der Waals surface area contributed by atoms with Gasteiger partial charge in [0, 0.05) is 6.54 Å². The Balaban J connectivity index is 2.43. The summed E-state index contributed by atoms with van der Waals surface area (Å²) in [5.74, 6) is -0.0888. The lowest BCUT2D eigenvalue weighted by molar-refractivity contribution is -0.122. The highest BCUT2D eigenvalue weighted by molar-refractivity contribution is 5.81. The summed E-state index contributed by atoms with van der Waals surface area (Å²) in [7, 11) is 0. The van der Waals surface area contributed by atoms with Gasteiger partial charge >= 0.3 is 0 Å². The van der Waals surface area contributed by atoms with Gasteiger partial charge in [-0.2, -0.15) is 5.26 Å². The topological polar surface area (TPSA) is 99.1 Å². The van der Waals surface area contributed by atoms with Crippen LogP contribution in [0.4, 0.5) is 0 Å². The molecule has 1 amide bonds. The average Bonchev–Trinajstić information content (AvgIpc) is 2.32. The summed E-state index contributed by atoms with van der Waals surface area (Å²) in [4.78, 5) is 11.5. The molecule has 5 nitrogen and oxygen atoms in total. The minimum Gasteiger partial charge on any atom is -0.508 e. The predicted molar refractivity (Wildman–Crippen MR) is 63.0 cm³/mol. The van der Waals surface area contributed by atoms with Crippen molar-refractivity contribution in [2.75, 3.05) is 6.54 Å². The van der Waals surface area contributed by atoms with Crippen molar-refractivity contribution in [2.24, 2.45) is 5.73 Å². The van der Waals surface area contributed by atoms with E-state index >= 15 is 0 Å². The third-order valence-corrected chi connectivity index (χ3v) is 2.26. The number of carbonyl (C=O) groups is 1. The van der Waals surface area contributed by atoms with Crippen LogP contribution >= 0.6 is 0 Å². The van der Waals surface area contributed by atoms with Crippen LogP contribution in [-0.2, 0) is 11.2 Å². The zero-order valence-corrected chi connectivity index (χ0v) is 9.39. The zero-order valence-electron chi connectivity index (χ0n) is 9.39. The fourth-order valence-electron chi connectivity index (χ4n) is 1.35. The first-order valence-corrected chi connectivity index (χ1v) is 5.31. The van der Waals surface area contributed by atoms with Gasteiger partial charge in [0.25, 0.3) is 0 Å². The lowest BCUT2D eigenvalue weighted by Crippen LogP contribution is -2.42. The Morgan fingerprint density at radius 1 is 1.47 bits per heavy atom. The third kappa shape index (κ3) is 4.53. The van der Waals surface area contributed by atoms with Crippen LogP contribution in [0.2, 0.25) is 0 Å². The zero-order chi connectivity index (χ0) is 12.7. The molecular weight excluding hydrogens is 218 g/mol. The number of carbonyl (C=O) groups excluding carboxylic acids is 1. The van der Waals surface area contributed by atoms with E-state index in [2.05, 4.69) is 5.32 Å². The maximum Gasteiger partial charge on any atom is 0.237 e. The van der Waals surface area contributed by atoms with Gasteiger partial charge in [-0.05, 0) is 24.1 Å². The minimum atomic E-state index is -0.641. The van der Waals surface area contributed by atoms with E-state index in [1.165, 1.54) is 0 Å². The van der Waals surface area contributed by atoms with Crippen molar-refractivity contribution in [2.45, 2.75) is 18.9 Å². The van der Waals surface area contributed by atoms with Crippen LogP contribution in [0.3, 0.4) is 0 Å². The van der Waals surface area contributed by atoms with Crippen LogP contribution in [0.15, 0.2) is 24.3 Å². The highest BCUT2D eigenvalue weighted by Crippen LogP contribution is 2.10. The van der Waals surface area contributed by atoms with Crippen molar-refractivity contribution >= 4 is 5.91 Å². The van der Waals surface area contributed by atoms with E-state index in [9.17, 15) is 4.79 Å². The number of aromatic hydroxyl groups is 1. The monoisotopic (exact) mass is 233 g/mol. The molecule has 4 N–H and O–H groups in total. The van der Waals surface area contributed by atoms with Gasteiger partial charge < -0.3 is 16.2 Å². The molecule has 0 bridgehead atoms. The maximum absolute atomic E-state index is 11.5. The second-order valence-corrected chi connectivity index (χ2v) is 3.68. The van der Waals surface area contributed by atoms with Crippen LogP contribution in [0, 0.1) is 11.3 Å². The molecule has 1 atom stereocenters. The number of amides is 1. The molecule has 17 heavy (non-hydrogen) atoms. The minimum absolute atomic E-state index is 0.181. The second-order valence-electron chi connectivity index (χ2n) is 3.68. The average molecular weight is 233 g/mol. The lowest BCUT2D eigenvalue weighted by Gasteiger charge is -2.11. The molecule has 0 aromatic heterocycles. The van der Waals surface area contributed by atoms with Crippen LogP contribution in [0.5, 0.6) is 5.75 Å². The van der Waals surface area contributed by atoms with Crippen molar-refractivity contribution in [3.8, 4) is 11.8 Å². The summed E-state index contributed by atoms with van der Waals surface area (Å²) in [6, 6.07) is 7.84. The van der Waals surface area contributed by atoms with E-state index in [0.29, 0.717) is 13.0 Å². The van der Waals surface area contributed by atoms with E-state index < -0.39 is 6.04 Å². The lowest BCUT2D eigenvalue weighted by atomic mass is 10.1. The molecule has 1 aromatic carbocycles. The van der Waals surface area contributed by atoms with Crippen LogP contribution in [-0.4, -0.2) is 23.6 Å². The molecule has 0 aliphatic rings. The van der Waals surface area contributed by atoms with Gasteiger partial charge in [0.2, 0.25) is 5.91 Å².